The molecule has 1 amide bonds. The van der Waals surface area contributed by atoms with E-state index < -0.39 is 11.0 Å². The van der Waals surface area contributed by atoms with Gasteiger partial charge in [-0.3, -0.25) is 19.8 Å². The van der Waals surface area contributed by atoms with Gasteiger partial charge in [0.1, 0.15) is 6.54 Å². The summed E-state index contributed by atoms with van der Waals surface area (Å²) in [6.07, 6.45) is -0.931. The van der Waals surface area contributed by atoms with Crippen molar-refractivity contribution in [2.75, 3.05) is 11.4 Å². The van der Waals surface area contributed by atoms with Crippen LogP contribution >= 0.6 is 0 Å². The van der Waals surface area contributed by atoms with Crippen LogP contribution in [-0.2, 0) is 4.79 Å². The fraction of sp³-hybridized carbons (Fsp3) is 0.125. The number of anilines is 1. The van der Waals surface area contributed by atoms with E-state index in [0.717, 1.165) is 0 Å². The summed E-state index contributed by atoms with van der Waals surface area (Å²) < 4.78 is 5.69. The second-order valence-electron chi connectivity index (χ2n) is 4.90. The summed E-state index contributed by atoms with van der Waals surface area (Å²) in [6, 6.07) is 14.7. The van der Waals surface area contributed by atoms with Gasteiger partial charge < -0.3 is 4.74 Å². The first kappa shape index (κ1) is 14.5. The Morgan fingerprint density at radius 2 is 2.00 bits per heavy atom. The Hall–Kier alpha value is -3.40. The van der Waals surface area contributed by atoms with E-state index in [0.29, 0.717) is 11.3 Å². The normalized spacial score (nSPS) is 16.2. The molecule has 1 aliphatic rings. The molecule has 0 saturated carbocycles. The van der Waals surface area contributed by atoms with Gasteiger partial charge in [-0.25, -0.2) is 0 Å². The molecule has 1 unspecified atom stereocenters. The van der Waals surface area contributed by atoms with Gasteiger partial charge in [0.25, 0.3) is 11.6 Å². The highest BCUT2D eigenvalue weighted by atomic mass is 16.6. The number of benzene rings is 2. The lowest BCUT2D eigenvalue weighted by Gasteiger charge is -2.33. The third-order valence-corrected chi connectivity index (χ3v) is 3.51. The summed E-state index contributed by atoms with van der Waals surface area (Å²) in [7, 11) is 0. The van der Waals surface area contributed by atoms with Crippen molar-refractivity contribution in [3.8, 4) is 11.8 Å². The van der Waals surface area contributed by atoms with Crippen molar-refractivity contribution in [3.05, 3.63) is 64.2 Å². The second-order valence-corrected chi connectivity index (χ2v) is 4.90. The van der Waals surface area contributed by atoms with E-state index in [1.807, 2.05) is 12.1 Å². The number of nitro benzene ring substituents is 1. The lowest BCUT2D eigenvalue weighted by molar-refractivity contribution is -0.384. The second kappa shape index (κ2) is 5.77. The third kappa shape index (κ3) is 2.58. The molecule has 0 spiro atoms. The monoisotopic (exact) mass is 309 g/mol. The zero-order valence-corrected chi connectivity index (χ0v) is 11.9. The van der Waals surface area contributed by atoms with Crippen LogP contribution < -0.4 is 9.64 Å². The van der Waals surface area contributed by atoms with Crippen molar-refractivity contribution in [1.29, 1.82) is 5.26 Å². The number of carbonyl (C=O) groups excluding carboxylic acids is 1. The van der Waals surface area contributed by atoms with Crippen LogP contribution in [-0.4, -0.2) is 17.4 Å². The van der Waals surface area contributed by atoms with E-state index in [4.69, 9.17) is 10.00 Å². The smallest absolute Gasteiger partial charge is 0.273 e. The number of nitriles is 1. The van der Waals surface area contributed by atoms with Gasteiger partial charge >= 0.3 is 0 Å². The Balaban J connectivity index is 2.09. The standard InChI is InChI=1S/C16H11N3O4/c17-8-9-18-13-7-6-12(19(21)22)10-14(13)23-15(16(18)20)11-4-2-1-3-5-11/h1-7,10,15H,9H2. The summed E-state index contributed by atoms with van der Waals surface area (Å²) in [5, 5.41) is 19.9. The van der Waals surface area contributed by atoms with Crippen LogP contribution in [0.4, 0.5) is 11.4 Å². The highest BCUT2D eigenvalue weighted by molar-refractivity contribution is 6.01. The molecule has 0 saturated heterocycles. The molecule has 3 rings (SSSR count). The molecule has 0 fully saturated rings. The number of hydrogen-bond donors (Lipinski definition) is 0. The molecule has 2 aromatic carbocycles. The minimum Gasteiger partial charge on any atom is -0.473 e. The Morgan fingerprint density at radius 1 is 1.26 bits per heavy atom. The first-order valence-corrected chi connectivity index (χ1v) is 6.80. The Bertz CT molecular complexity index is 814. The van der Waals surface area contributed by atoms with Crippen molar-refractivity contribution in [2.24, 2.45) is 0 Å². The quantitative estimate of drug-likeness (QED) is 0.493. The molecule has 7 nitrogen and oxygen atoms in total. The lowest BCUT2D eigenvalue weighted by atomic mass is 10.1. The van der Waals surface area contributed by atoms with Crippen molar-refractivity contribution in [2.45, 2.75) is 6.10 Å². The highest BCUT2D eigenvalue weighted by Gasteiger charge is 2.36. The van der Waals surface area contributed by atoms with Crippen LogP contribution in [0.15, 0.2) is 48.5 Å². The van der Waals surface area contributed by atoms with Crippen LogP contribution in [0.3, 0.4) is 0 Å². The summed E-state index contributed by atoms with van der Waals surface area (Å²) in [4.78, 5) is 24.3. The molecular weight excluding hydrogens is 298 g/mol. The highest BCUT2D eigenvalue weighted by Crippen LogP contribution is 2.40. The number of fused-ring (bicyclic) bond motifs is 1. The number of ether oxygens (including phenoxy) is 1. The van der Waals surface area contributed by atoms with Gasteiger partial charge in [0.2, 0.25) is 6.10 Å². The number of carbonyl (C=O) groups is 1. The van der Waals surface area contributed by atoms with Crippen molar-refractivity contribution in [1.82, 2.24) is 0 Å². The van der Waals surface area contributed by atoms with Crippen LogP contribution in [0, 0.1) is 21.4 Å². The van der Waals surface area contributed by atoms with Crippen molar-refractivity contribution in [3.63, 3.8) is 0 Å². The minimum absolute atomic E-state index is 0.137. The topological polar surface area (TPSA) is 96.5 Å². The molecule has 0 bridgehead atoms. The number of amides is 1. The molecule has 1 heterocycles. The summed E-state index contributed by atoms with van der Waals surface area (Å²) in [5.74, 6) is -0.165. The largest absolute Gasteiger partial charge is 0.473 e. The molecule has 0 aliphatic carbocycles. The predicted octanol–water partition coefficient (Wildman–Crippen LogP) is 2.59. The predicted molar refractivity (Wildman–Crippen MR) is 80.9 cm³/mol. The Labute approximate surface area is 131 Å². The molecule has 1 atom stereocenters. The first-order chi connectivity index (χ1) is 11.1. The maximum atomic E-state index is 12.6. The van der Waals surface area contributed by atoms with Gasteiger partial charge in [-0.05, 0) is 6.07 Å². The van der Waals surface area contributed by atoms with Gasteiger partial charge in [0, 0.05) is 11.6 Å². The minimum atomic E-state index is -0.931. The molecule has 1 aliphatic heterocycles. The van der Waals surface area contributed by atoms with Crippen LogP contribution in [0.1, 0.15) is 11.7 Å². The third-order valence-electron chi connectivity index (χ3n) is 3.51. The number of rotatable bonds is 3. The molecule has 0 radical (unpaired) electrons. The maximum Gasteiger partial charge on any atom is 0.273 e. The molecule has 7 heteroatoms. The van der Waals surface area contributed by atoms with E-state index in [2.05, 4.69) is 0 Å². The lowest BCUT2D eigenvalue weighted by Crippen LogP contribution is -2.41. The van der Waals surface area contributed by atoms with Gasteiger partial charge in [-0.1, -0.05) is 30.3 Å². The maximum absolute atomic E-state index is 12.6. The zero-order valence-electron chi connectivity index (χ0n) is 11.9. The van der Waals surface area contributed by atoms with E-state index in [9.17, 15) is 14.9 Å². The van der Waals surface area contributed by atoms with E-state index >= 15 is 0 Å². The summed E-state index contributed by atoms with van der Waals surface area (Å²) in [6.45, 7) is -0.156. The summed E-state index contributed by atoms with van der Waals surface area (Å²) in [5.41, 5.74) is 0.841. The number of nitrogens with zero attached hydrogens (tertiary/aromatic N) is 3. The number of nitro groups is 1. The Morgan fingerprint density at radius 3 is 2.65 bits per heavy atom. The van der Waals surface area contributed by atoms with Gasteiger partial charge in [-0.15, -0.1) is 0 Å². The molecular formula is C16H11N3O4. The Kier molecular flexibility index (Phi) is 3.65. The van der Waals surface area contributed by atoms with Crippen molar-refractivity contribution >= 4 is 17.3 Å². The van der Waals surface area contributed by atoms with Crippen LogP contribution in [0.2, 0.25) is 0 Å². The van der Waals surface area contributed by atoms with E-state index in [-0.39, 0.29) is 23.9 Å². The fourth-order valence-electron chi connectivity index (χ4n) is 2.44. The fourth-order valence-corrected chi connectivity index (χ4v) is 2.44. The zero-order chi connectivity index (χ0) is 16.4. The number of non-ortho nitro benzene ring substituents is 1. The average molecular weight is 309 g/mol. The van der Waals surface area contributed by atoms with E-state index in [1.165, 1.54) is 23.1 Å². The van der Waals surface area contributed by atoms with Crippen molar-refractivity contribution < 1.29 is 14.5 Å². The molecule has 114 valence electrons. The van der Waals surface area contributed by atoms with Gasteiger partial charge in [0.05, 0.1) is 22.7 Å². The van der Waals surface area contributed by atoms with Crippen LogP contribution in [0.5, 0.6) is 5.75 Å². The molecule has 0 aromatic heterocycles. The first-order valence-electron chi connectivity index (χ1n) is 6.80. The van der Waals surface area contributed by atoms with Gasteiger partial charge in [-0.2, -0.15) is 5.26 Å². The SMILES string of the molecule is N#CCN1C(=O)C(c2ccccc2)Oc2cc([N+](=O)[O-])ccc21. The van der Waals surface area contributed by atoms with Gasteiger partial charge in [0.15, 0.2) is 5.75 Å². The molecule has 0 N–H and O–H groups in total. The number of hydrogen-bond acceptors (Lipinski definition) is 5. The van der Waals surface area contributed by atoms with Crippen LogP contribution in [0.25, 0.3) is 0 Å². The average Bonchev–Trinajstić information content (AvgIpc) is 2.57. The van der Waals surface area contributed by atoms with E-state index in [1.54, 1.807) is 24.3 Å². The molecule has 2 aromatic rings. The summed E-state index contributed by atoms with van der Waals surface area (Å²) >= 11 is 0. The molecule has 23 heavy (non-hydrogen) atoms.